The quantitative estimate of drug-likeness (QED) is 0.389. The summed E-state index contributed by atoms with van der Waals surface area (Å²) in [5.41, 5.74) is 0.974. The Labute approximate surface area is 179 Å². The molecule has 0 aromatic carbocycles. The van der Waals surface area contributed by atoms with Gasteiger partial charge in [-0.15, -0.1) is 0 Å². The standard InChI is InChI=1S/C21H25ClN2O6/c1-10(2)12-8-11-9-13(30-7-5-6-28-3)19(22)23-16(11)17-14(12)18(25)15(20(26)24-17)21(27)29-4/h9-10,12H,5-8H2,1-4H3,(H2,24,25,26). The molecule has 0 saturated carbocycles. The lowest BCUT2D eigenvalue weighted by atomic mass is 9.76. The number of pyridine rings is 2. The van der Waals surface area contributed by atoms with Gasteiger partial charge in [-0.25, -0.2) is 9.78 Å². The van der Waals surface area contributed by atoms with Crippen LogP contribution in [-0.4, -0.2) is 48.5 Å². The fourth-order valence-electron chi connectivity index (χ4n) is 3.72. The molecule has 30 heavy (non-hydrogen) atoms. The molecule has 2 aromatic rings. The van der Waals surface area contributed by atoms with Gasteiger partial charge < -0.3 is 24.3 Å². The number of aromatic hydroxyl groups is 1. The molecule has 0 spiro atoms. The topological polar surface area (TPSA) is 111 Å². The van der Waals surface area contributed by atoms with Gasteiger partial charge in [0.25, 0.3) is 5.56 Å². The zero-order valence-corrected chi connectivity index (χ0v) is 18.1. The molecule has 162 valence electrons. The summed E-state index contributed by atoms with van der Waals surface area (Å²) in [6, 6.07) is 1.82. The number of hydrogen-bond acceptors (Lipinski definition) is 7. The molecule has 0 amide bonds. The molecule has 0 bridgehead atoms. The van der Waals surface area contributed by atoms with Crippen LogP contribution in [0.1, 0.15) is 47.7 Å². The van der Waals surface area contributed by atoms with Crippen LogP contribution in [0.25, 0.3) is 11.4 Å². The number of ether oxygens (including phenoxy) is 3. The van der Waals surface area contributed by atoms with E-state index in [0.29, 0.717) is 48.8 Å². The number of rotatable bonds is 7. The largest absolute Gasteiger partial charge is 0.506 e. The minimum absolute atomic E-state index is 0.112. The molecular weight excluding hydrogens is 412 g/mol. The van der Waals surface area contributed by atoms with E-state index >= 15 is 0 Å². The first kappa shape index (κ1) is 22.1. The molecule has 0 aliphatic heterocycles. The molecule has 8 nitrogen and oxygen atoms in total. The lowest BCUT2D eigenvalue weighted by molar-refractivity contribution is 0.0595. The van der Waals surface area contributed by atoms with E-state index in [4.69, 9.17) is 21.1 Å². The Morgan fingerprint density at radius 2 is 2.10 bits per heavy atom. The molecule has 2 aromatic heterocycles. The van der Waals surface area contributed by atoms with Gasteiger partial charge in [-0.2, -0.15) is 0 Å². The summed E-state index contributed by atoms with van der Waals surface area (Å²) in [7, 11) is 2.78. The number of fused-ring (bicyclic) bond motifs is 3. The van der Waals surface area contributed by atoms with Crippen LogP contribution in [0.15, 0.2) is 10.9 Å². The van der Waals surface area contributed by atoms with Crippen molar-refractivity contribution in [2.45, 2.75) is 32.6 Å². The van der Waals surface area contributed by atoms with E-state index in [2.05, 4.69) is 14.7 Å². The van der Waals surface area contributed by atoms with Gasteiger partial charge in [0.05, 0.1) is 25.1 Å². The van der Waals surface area contributed by atoms with Gasteiger partial charge in [-0.05, 0) is 29.9 Å². The molecule has 0 radical (unpaired) electrons. The number of nitrogens with zero attached hydrogens (tertiary/aromatic N) is 1. The van der Waals surface area contributed by atoms with Crippen molar-refractivity contribution in [2.24, 2.45) is 5.92 Å². The third kappa shape index (κ3) is 4.02. The van der Waals surface area contributed by atoms with Gasteiger partial charge >= 0.3 is 5.97 Å². The number of halogens is 1. The predicted octanol–water partition coefficient (Wildman–Crippen LogP) is 3.29. The third-order valence-corrected chi connectivity index (χ3v) is 5.51. The van der Waals surface area contributed by atoms with Gasteiger partial charge in [-0.3, -0.25) is 4.79 Å². The fourth-order valence-corrected chi connectivity index (χ4v) is 3.91. The zero-order valence-electron chi connectivity index (χ0n) is 17.4. The van der Waals surface area contributed by atoms with Gasteiger partial charge in [0.1, 0.15) is 5.75 Å². The highest BCUT2D eigenvalue weighted by atomic mass is 35.5. The van der Waals surface area contributed by atoms with E-state index in [9.17, 15) is 14.7 Å². The van der Waals surface area contributed by atoms with E-state index in [1.165, 1.54) is 0 Å². The lowest BCUT2D eigenvalue weighted by Gasteiger charge is -2.30. The van der Waals surface area contributed by atoms with Crippen LogP contribution in [0.5, 0.6) is 11.5 Å². The van der Waals surface area contributed by atoms with Crippen molar-refractivity contribution < 1.29 is 24.1 Å². The normalized spacial score (nSPS) is 14.9. The van der Waals surface area contributed by atoms with Crippen LogP contribution < -0.4 is 10.3 Å². The Kier molecular flexibility index (Phi) is 6.67. The highest BCUT2D eigenvalue weighted by Gasteiger charge is 2.35. The summed E-state index contributed by atoms with van der Waals surface area (Å²) in [6.07, 6.45) is 1.25. The van der Waals surface area contributed by atoms with E-state index < -0.39 is 17.1 Å². The molecule has 1 aliphatic carbocycles. The van der Waals surface area contributed by atoms with Gasteiger partial charge in [-0.1, -0.05) is 25.4 Å². The SMILES string of the molecule is COCCCOc1cc2c(nc1Cl)-c1[nH]c(=O)c(C(=O)OC)c(O)c1C(C(C)C)C2. The maximum Gasteiger partial charge on any atom is 0.347 e. The second-order valence-corrected chi connectivity index (χ2v) is 7.85. The molecule has 2 heterocycles. The number of carbonyl (C=O) groups excluding carboxylic acids is 1. The minimum Gasteiger partial charge on any atom is -0.506 e. The summed E-state index contributed by atoms with van der Waals surface area (Å²) >= 11 is 6.33. The van der Waals surface area contributed by atoms with Gasteiger partial charge in [0.15, 0.2) is 16.5 Å². The monoisotopic (exact) mass is 436 g/mol. The van der Waals surface area contributed by atoms with E-state index in [1.807, 2.05) is 19.9 Å². The Morgan fingerprint density at radius 1 is 1.37 bits per heavy atom. The summed E-state index contributed by atoms with van der Waals surface area (Å²) < 4.78 is 15.4. The highest BCUT2D eigenvalue weighted by molar-refractivity contribution is 6.31. The highest BCUT2D eigenvalue weighted by Crippen LogP contribution is 2.46. The Hall–Kier alpha value is -2.58. The molecule has 1 aliphatic rings. The summed E-state index contributed by atoms with van der Waals surface area (Å²) in [5, 5.41) is 11.0. The Balaban J connectivity index is 2.13. The van der Waals surface area contributed by atoms with Crippen molar-refractivity contribution in [3.63, 3.8) is 0 Å². The first-order valence-electron chi connectivity index (χ1n) is 9.69. The van der Waals surface area contributed by atoms with Crippen LogP contribution in [0, 0.1) is 5.92 Å². The van der Waals surface area contributed by atoms with Crippen LogP contribution in [-0.2, 0) is 15.9 Å². The van der Waals surface area contributed by atoms with Crippen molar-refractivity contribution >= 4 is 17.6 Å². The van der Waals surface area contributed by atoms with Crippen LogP contribution in [0.3, 0.4) is 0 Å². The minimum atomic E-state index is -0.893. The molecular formula is C21H25ClN2O6. The lowest BCUT2D eigenvalue weighted by Crippen LogP contribution is -2.26. The molecule has 2 N–H and O–H groups in total. The van der Waals surface area contributed by atoms with Gasteiger partial charge in [0, 0.05) is 25.7 Å². The average molecular weight is 437 g/mol. The average Bonchev–Trinajstić information content (AvgIpc) is 2.70. The molecule has 9 heteroatoms. The molecule has 3 rings (SSSR count). The van der Waals surface area contributed by atoms with Crippen LogP contribution >= 0.6 is 11.6 Å². The molecule has 1 unspecified atom stereocenters. The number of aromatic nitrogens is 2. The maximum absolute atomic E-state index is 12.5. The van der Waals surface area contributed by atoms with Crippen molar-refractivity contribution in [1.29, 1.82) is 0 Å². The molecule has 0 fully saturated rings. The predicted molar refractivity (Wildman–Crippen MR) is 112 cm³/mol. The van der Waals surface area contributed by atoms with E-state index in [0.717, 1.165) is 12.7 Å². The number of carbonyl (C=O) groups is 1. The molecule has 0 saturated heterocycles. The first-order valence-corrected chi connectivity index (χ1v) is 10.1. The van der Waals surface area contributed by atoms with E-state index in [-0.39, 0.29) is 22.7 Å². The number of aromatic amines is 1. The number of hydrogen-bond donors (Lipinski definition) is 2. The van der Waals surface area contributed by atoms with Crippen molar-refractivity contribution in [2.75, 3.05) is 27.4 Å². The van der Waals surface area contributed by atoms with E-state index in [1.54, 1.807) is 7.11 Å². The van der Waals surface area contributed by atoms with Crippen molar-refractivity contribution in [1.82, 2.24) is 9.97 Å². The number of nitrogens with one attached hydrogen (secondary N) is 1. The number of esters is 1. The second kappa shape index (κ2) is 9.06. The van der Waals surface area contributed by atoms with Crippen molar-refractivity contribution in [3.8, 4) is 22.9 Å². The number of H-pyrrole nitrogens is 1. The van der Waals surface area contributed by atoms with Crippen LogP contribution in [0.2, 0.25) is 5.15 Å². The summed E-state index contributed by atoms with van der Waals surface area (Å²) in [6.45, 7) is 5.01. The van der Waals surface area contributed by atoms with Crippen molar-refractivity contribution in [3.05, 3.63) is 38.3 Å². The Morgan fingerprint density at radius 3 is 2.73 bits per heavy atom. The number of methoxy groups -OCH3 is 2. The smallest absolute Gasteiger partial charge is 0.347 e. The third-order valence-electron chi connectivity index (χ3n) is 5.24. The molecule has 1 atom stereocenters. The summed E-state index contributed by atoms with van der Waals surface area (Å²) in [4.78, 5) is 31.7. The maximum atomic E-state index is 12.5. The zero-order chi connectivity index (χ0) is 22.0. The fraction of sp³-hybridized carbons (Fsp3) is 0.476. The van der Waals surface area contributed by atoms with Crippen LogP contribution in [0.4, 0.5) is 0 Å². The Bertz CT molecular complexity index is 1020. The summed E-state index contributed by atoms with van der Waals surface area (Å²) in [5.74, 6) is -0.855. The second-order valence-electron chi connectivity index (χ2n) is 7.49. The van der Waals surface area contributed by atoms with Gasteiger partial charge in [0.2, 0.25) is 0 Å². The first-order chi connectivity index (χ1) is 14.3.